The molecule has 1 aliphatic heterocycles. The molecule has 2 rings (SSSR count). The average molecular weight is 397 g/mol. The van der Waals surface area contributed by atoms with E-state index in [9.17, 15) is 19.2 Å². The number of hydrogen-bond acceptors (Lipinski definition) is 10. The van der Waals surface area contributed by atoms with Gasteiger partial charge in [0.15, 0.2) is 5.82 Å². The van der Waals surface area contributed by atoms with Gasteiger partial charge >= 0.3 is 23.6 Å². The van der Waals surface area contributed by atoms with Crippen LogP contribution in [0.4, 0.5) is 5.82 Å². The quantitative estimate of drug-likeness (QED) is 0.320. The van der Waals surface area contributed by atoms with Gasteiger partial charge in [0.2, 0.25) is 0 Å². The molecule has 3 N–H and O–H groups in total. The summed E-state index contributed by atoms with van der Waals surface area (Å²) in [5.41, 5.74) is 1.01. The predicted octanol–water partition coefficient (Wildman–Crippen LogP) is -0.0755. The summed E-state index contributed by atoms with van der Waals surface area (Å²) in [5, 5.41) is 17.8. The Kier molecular flexibility index (Phi) is 6.84. The fourth-order valence-electron chi connectivity index (χ4n) is 2.62. The van der Waals surface area contributed by atoms with Crippen LogP contribution in [0.3, 0.4) is 0 Å². The van der Waals surface area contributed by atoms with Gasteiger partial charge in [0.1, 0.15) is 25.0 Å². The SMILES string of the molecule is CC(=O)OC[C@H]1O[C@@H](n2cc(C=CC(=O)O)c(NO)nc2=O)C[C@@H]1OC(C)=O. The van der Waals surface area contributed by atoms with Crippen molar-refractivity contribution in [3.63, 3.8) is 0 Å². The minimum Gasteiger partial charge on any atom is -0.478 e. The standard InChI is InChI=1S/C16H19N3O9/c1-8(20)26-7-12-11(27-9(2)21)5-13(28-12)19-6-10(3-4-14(22)23)15(18-25)17-16(19)24/h3-4,6,11-13,25H,5,7H2,1-2H3,(H,22,23)(H,17,18,24)/t11-,12+,13+/m0/s1. The van der Waals surface area contributed by atoms with Crippen LogP contribution in [0.15, 0.2) is 17.1 Å². The van der Waals surface area contributed by atoms with Gasteiger partial charge in [-0.1, -0.05) is 0 Å². The third kappa shape index (κ3) is 5.37. The number of nitrogens with zero attached hydrogens (tertiary/aromatic N) is 2. The van der Waals surface area contributed by atoms with Crippen molar-refractivity contribution in [2.45, 2.75) is 38.7 Å². The largest absolute Gasteiger partial charge is 0.478 e. The van der Waals surface area contributed by atoms with Gasteiger partial charge in [-0.2, -0.15) is 4.98 Å². The molecule has 1 fully saturated rings. The number of rotatable bonds is 7. The number of carboxylic acids is 1. The van der Waals surface area contributed by atoms with Crippen molar-refractivity contribution >= 4 is 29.8 Å². The molecule has 2 heterocycles. The van der Waals surface area contributed by atoms with Gasteiger partial charge in [0, 0.05) is 38.1 Å². The van der Waals surface area contributed by atoms with Crippen LogP contribution in [0.1, 0.15) is 32.1 Å². The lowest BCUT2D eigenvalue weighted by Gasteiger charge is -2.18. The van der Waals surface area contributed by atoms with E-state index in [1.54, 1.807) is 5.48 Å². The molecule has 0 aliphatic carbocycles. The lowest BCUT2D eigenvalue weighted by molar-refractivity contribution is -0.155. The fraction of sp³-hybridized carbons (Fsp3) is 0.438. The van der Waals surface area contributed by atoms with Crippen LogP contribution in [0.25, 0.3) is 6.08 Å². The number of ether oxygens (including phenoxy) is 3. The van der Waals surface area contributed by atoms with E-state index in [1.165, 1.54) is 20.0 Å². The van der Waals surface area contributed by atoms with Crippen LogP contribution in [-0.2, 0) is 28.6 Å². The van der Waals surface area contributed by atoms with E-state index < -0.39 is 42.0 Å². The number of nitrogens with one attached hydrogen (secondary N) is 1. The third-order valence-corrected chi connectivity index (χ3v) is 3.75. The summed E-state index contributed by atoms with van der Waals surface area (Å²) in [7, 11) is 0. The van der Waals surface area contributed by atoms with Crippen molar-refractivity contribution in [1.82, 2.24) is 9.55 Å². The number of aliphatic carboxylic acids is 1. The van der Waals surface area contributed by atoms with Gasteiger partial charge in [-0.05, 0) is 6.08 Å². The number of anilines is 1. The molecule has 1 aromatic rings. The van der Waals surface area contributed by atoms with Gasteiger partial charge in [-0.25, -0.2) is 9.59 Å². The highest BCUT2D eigenvalue weighted by molar-refractivity contribution is 5.86. The maximum atomic E-state index is 12.3. The van der Waals surface area contributed by atoms with E-state index in [2.05, 4.69) is 4.98 Å². The Hall–Kier alpha value is -3.25. The first-order chi connectivity index (χ1) is 13.2. The van der Waals surface area contributed by atoms with Crippen LogP contribution in [0, 0.1) is 0 Å². The van der Waals surface area contributed by atoms with Crippen molar-refractivity contribution in [2.75, 3.05) is 12.1 Å². The number of esters is 2. The third-order valence-electron chi connectivity index (χ3n) is 3.75. The molecule has 0 radical (unpaired) electrons. The zero-order valence-electron chi connectivity index (χ0n) is 15.0. The van der Waals surface area contributed by atoms with Crippen molar-refractivity contribution in [3.8, 4) is 0 Å². The van der Waals surface area contributed by atoms with Crippen LogP contribution in [-0.4, -0.2) is 56.6 Å². The smallest absolute Gasteiger partial charge is 0.351 e. The number of carbonyl (C=O) groups is 3. The highest BCUT2D eigenvalue weighted by Crippen LogP contribution is 2.31. The Morgan fingerprint density at radius 2 is 2.11 bits per heavy atom. The van der Waals surface area contributed by atoms with Crippen molar-refractivity contribution in [2.24, 2.45) is 0 Å². The minimum absolute atomic E-state index is 0.0705. The van der Waals surface area contributed by atoms with E-state index in [1.807, 2.05) is 0 Å². The Morgan fingerprint density at radius 3 is 2.68 bits per heavy atom. The Balaban J connectivity index is 2.33. The van der Waals surface area contributed by atoms with Gasteiger partial charge < -0.3 is 19.3 Å². The van der Waals surface area contributed by atoms with E-state index in [0.29, 0.717) is 0 Å². The topological polar surface area (TPSA) is 166 Å². The molecule has 0 saturated carbocycles. The van der Waals surface area contributed by atoms with Crippen molar-refractivity contribution in [3.05, 3.63) is 28.3 Å². The van der Waals surface area contributed by atoms with Gasteiger partial charge in [-0.3, -0.25) is 24.8 Å². The zero-order valence-corrected chi connectivity index (χ0v) is 15.0. The van der Waals surface area contributed by atoms with Crippen molar-refractivity contribution in [1.29, 1.82) is 0 Å². The van der Waals surface area contributed by atoms with Gasteiger partial charge in [0.25, 0.3) is 0 Å². The van der Waals surface area contributed by atoms with Crippen LogP contribution in [0.5, 0.6) is 0 Å². The molecule has 0 unspecified atom stereocenters. The number of hydrogen-bond donors (Lipinski definition) is 3. The molecule has 12 heteroatoms. The van der Waals surface area contributed by atoms with Gasteiger partial charge in [0.05, 0.1) is 0 Å². The Morgan fingerprint density at radius 1 is 1.39 bits per heavy atom. The molecule has 1 saturated heterocycles. The van der Waals surface area contributed by atoms with Crippen LogP contribution < -0.4 is 11.2 Å². The Bertz CT molecular complexity index is 848. The molecule has 0 amide bonds. The minimum atomic E-state index is -1.24. The number of carboxylic acid groups (broad SMARTS) is 1. The van der Waals surface area contributed by atoms with E-state index in [0.717, 1.165) is 16.7 Å². The summed E-state index contributed by atoms with van der Waals surface area (Å²) >= 11 is 0. The normalized spacial score (nSPS) is 21.5. The molecule has 1 aromatic heterocycles. The molecule has 0 bridgehead atoms. The monoisotopic (exact) mass is 397 g/mol. The molecule has 0 spiro atoms. The molecule has 3 atom stereocenters. The molecule has 152 valence electrons. The number of aromatic nitrogens is 2. The van der Waals surface area contributed by atoms with Gasteiger partial charge in [-0.15, -0.1) is 0 Å². The van der Waals surface area contributed by atoms with E-state index in [-0.39, 0.29) is 24.4 Å². The zero-order chi connectivity index (χ0) is 20.8. The van der Waals surface area contributed by atoms with Crippen LogP contribution >= 0.6 is 0 Å². The second-order valence-corrected chi connectivity index (χ2v) is 5.83. The maximum absolute atomic E-state index is 12.3. The maximum Gasteiger partial charge on any atom is 0.351 e. The first-order valence-corrected chi connectivity index (χ1v) is 8.11. The predicted molar refractivity (Wildman–Crippen MR) is 91.3 cm³/mol. The highest BCUT2D eigenvalue weighted by Gasteiger charge is 2.39. The van der Waals surface area contributed by atoms with Crippen molar-refractivity contribution < 1.29 is 38.9 Å². The summed E-state index contributed by atoms with van der Waals surface area (Å²) in [4.78, 5) is 49.0. The second-order valence-electron chi connectivity index (χ2n) is 5.83. The molecule has 28 heavy (non-hydrogen) atoms. The molecule has 1 aliphatic rings. The average Bonchev–Trinajstić information content (AvgIpc) is 3.00. The summed E-state index contributed by atoms with van der Waals surface area (Å²) in [6, 6.07) is 0. The molecule has 12 nitrogen and oxygen atoms in total. The summed E-state index contributed by atoms with van der Waals surface area (Å²) in [5.74, 6) is -2.61. The van der Waals surface area contributed by atoms with E-state index >= 15 is 0 Å². The molecule has 0 aromatic carbocycles. The summed E-state index contributed by atoms with van der Waals surface area (Å²) in [6.07, 6.45) is 0.722. The summed E-state index contributed by atoms with van der Waals surface area (Å²) < 4.78 is 16.8. The highest BCUT2D eigenvalue weighted by atomic mass is 16.6. The fourth-order valence-corrected chi connectivity index (χ4v) is 2.62. The lowest BCUT2D eigenvalue weighted by Crippen LogP contribution is -2.31. The number of carbonyl (C=O) groups excluding carboxylic acids is 2. The first kappa shape index (κ1) is 21.1. The van der Waals surface area contributed by atoms with E-state index in [4.69, 9.17) is 24.5 Å². The Labute approximate surface area is 158 Å². The second kappa shape index (κ2) is 9.10. The first-order valence-electron chi connectivity index (χ1n) is 8.11. The lowest BCUT2D eigenvalue weighted by atomic mass is 10.2. The van der Waals surface area contributed by atoms with Crippen LogP contribution in [0.2, 0.25) is 0 Å². The molecular weight excluding hydrogens is 378 g/mol. The molecular formula is C16H19N3O9. The summed E-state index contributed by atoms with van der Waals surface area (Å²) in [6.45, 7) is 2.23.